The van der Waals surface area contributed by atoms with Gasteiger partial charge in [-0.15, -0.1) is 0 Å². The van der Waals surface area contributed by atoms with Crippen LogP contribution in [0.25, 0.3) is 0 Å². The number of hydrogen-bond acceptors (Lipinski definition) is 2. The van der Waals surface area contributed by atoms with E-state index in [2.05, 4.69) is 0 Å². The Morgan fingerprint density at radius 1 is 0.952 bits per heavy atom. The molecule has 21 heavy (non-hydrogen) atoms. The Kier molecular flexibility index (Phi) is 3.96. The molecule has 0 amide bonds. The van der Waals surface area contributed by atoms with Gasteiger partial charge in [-0.25, -0.2) is 0 Å². The SMILES string of the molecule is COc1cccc(C(C)(O)c2ccccc2C(F)(F)F)c1. The first kappa shape index (κ1) is 15.4. The van der Waals surface area contributed by atoms with Crippen molar-refractivity contribution in [2.75, 3.05) is 7.11 Å². The average Bonchev–Trinajstić information content (AvgIpc) is 2.46. The number of methoxy groups -OCH3 is 1. The number of ether oxygens (including phenoxy) is 1. The molecule has 0 spiro atoms. The Balaban J connectivity index is 2.58. The molecule has 1 N–H and O–H groups in total. The van der Waals surface area contributed by atoms with Gasteiger partial charge in [-0.05, 0) is 36.2 Å². The monoisotopic (exact) mass is 296 g/mol. The highest BCUT2D eigenvalue weighted by molar-refractivity contribution is 5.43. The molecule has 0 saturated carbocycles. The lowest BCUT2D eigenvalue weighted by Gasteiger charge is -2.28. The van der Waals surface area contributed by atoms with Gasteiger partial charge >= 0.3 is 6.18 Å². The van der Waals surface area contributed by atoms with Gasteiger partial charge in [0.05, 0.1) is 12.7 Å². The van der Waals surface area contributed by atoms with Crippen molar-refractivity contribution in [2.45, 2.75) is 18.7 Å². The quantitative estimate of drug-likeness (QED) is 0.928. The minimum atomic E-state index is -4.53. The third kappa shape index (κ3) is 3.03. The normalized spacial score (nSPS) is 14.6. The molecule has 0 aliphatic carbocycles. The summed E-state index contributed by atoms with van der Waals surface area (Å²) in [4.78, 5) is 0. The number of benzene rings is 2. The molecule has 0 aliphatic heterocycles. The highest BCUT2D eigenvalue weighted by atomic mass is 19.4. The number of alkyl halides is 3. The third-order valence-corrected chi connectivity index (χ3v) is 3.39. The molecule has 2 nitrogen and oxygen atoms in total. The van der Waals surface area contributed by atoms with Gasteiger partial charge in [0.25, 0.3) is 0 Å². The molecule has 0 saturated heterocycles. The summed E-state index contributed by atoms with van der Waals surface area (Å²) in [6.07, 6.45) is -4.53. The number of aliphatic hydroxyl groups is 1. The van der Waals surface area contributed by atoms with Gasteiger partial charge < -0.3 is 9.84 Å². The molecule has 2 rings (SSSR count). The van der Waals surface area contributed by atoms with Crippen molar-refractivity contribution in [1.29, 1.82) is 0 Å². The van der Waals surface area contributed by atoms with Crippen LogP contribution in [0, 0.1) is 0 Å². The van der Waals surface area contributed by atoms with Gasteiger partial charge in [-0.2, -0.15) is 13.2 Å². The molecular weight excluding hydrogens is 281 g/mol. The van der Waals surface area contributed by atoms with E-state index in [9.17, 15) is 18.3 Å². The number of hydrogen-bond donors (Lipinski definition) is 1. The molecule has 1 atom stereocenters. The zero-order valence-corrected chi connectivity index (χ0v) is 11.6. The molecule has 0 heterocycles. The van der Waals surface area contributed by atoms with Gasteiger partial charge in [0.1, 0.15) is 11.4 Å². The van der Waals surface area contributed by atoms with Crippen LogP contribution in [-0.2, 0) is 11.8 Å². The summed E-state index contributed by atoms with van der Waals surface area (Å²) >= 11 is 0. The minimum Gasteiger partial charge on any atom is -0.497 e. The highest BCUT2D eigenvalue weighted by Gasteiger charge is 2.39. The van der Waals surface area contributed by atoms with Crippen LogP contribution in [0.3, 0.4) is 0 Å². The third-order valence-electron chi connectivity index (χ3n) is 3.39. The van der Waals surface area contributed by atoms with E-state index in [4.69, 9.17) is 4.74 Å². The van der Waals surface area contributed by atoms with Crippen molar-refractivity contribution in [3.63, 3.8) is 0 Å². The molecule has 0 aromatic heterocycles. The van der Waals surface area contributed by atoms with Crippen LogP contribution in [0.2, 0.25) is 0 Å². The molecule has 1 unspecified atom stereocenters. The van der Waals surface area contributed by atoms with Crippen LogP contribution in [0.4, 0.5) is 13.2 Å². The summed E-state index contributed by atoms with van der Waals surface area (Å²) in [5, 5.41) is 10.7. The van der Waals surface area contributed by atoms with E-state index in [0.717, 1.165) is 6.07 Å². The molecule has 0 fully saturated rings. The van der Waals surface area contributed by atoms with E-state index in [-0.39, 0.29) is 5.56 Å². The zero-order chi connectivity index (χ0) is 15.7. The minimum absolute atomic E-state index is 0.189. The predicted molar refractivity (Wildman–Crippen MR) is 73.1 cm³/mol. The summed E-state index contributed by atoms with van der Waals surface area (Å²) in [5.74, 6) is 0.470. The van der Waals surface area contributed by atoms with E-state index in [1.807, 2.05) is 0 Å². The van der Waals surface area contributed by atoms with E-state index in [1.165, 1.54) is 38.3 Å². The maximum absolute atomic E-state index is 13.1. The van der Waals surface area contributed by atoms with E-state index >= 15 is 0 Å². The first-order valence-corrected chi connectivity index (χ1v) is 6.30. The van der Waals surface area contributed by atoms with Crippen molar-refractivity contribution in [3.05, 3.63) is 65.2 Å². The first-order chi connectivity index (χ1) is 9.76. The summed E-state index contributed by atoms with van der Waals surface area (Å²) in [6, 6.07) is 11.4. The Morgan fingerprint density at radius 3 is 2.14 bits per heavy atom. The average molecular weight is 296 g/mol. The lowest BCUT2D eigenvalue weighted by molar-refractivity contribution is -0.139. The molecule has 0 aliphatic rings. The molecular formula is C16H15F3O2. The van der Waals surface area contributed by atoms with Gasteiger partial charge in [-0.1, -0.05) is 30.3 Å². The Hall–Kier alpha value is -2.01. The smallest absolute Gasteiger partial charge is 0.416 e. The fourth-order valence-electron chi connectivity index (χ4n) is 2.24. The molecule has 5 heteroatoms. The number of rotatable bonds is 3. The van der Waals surface area contributed by atoms with Crippen molar-refractivity contribution < 1.29 is 23.0 Å². The van der Waals surface area contributed by atoms with Crippen LogP contribution in [-0.4, -0.2) is 12.2 Å². The van der Waals surface area contributed by atoms with Gasteiger partial charge in [0.2, 0.25) is 0 Å². The number of halogens is 3. The second-order valence-electron chi connectivity index (χ2n) is 4.85. The molecule has 112 valence electrons. The van der Waals surface area contributed by atoms with E-state index in [0.29, 0.717) is 11.3 Å². The largest absolute Gasteiger partial charge is 0.497 e. The van der Waals surface area contributed by atoms with E-state index < -0.39 is 17.3 Å². The molecule has 0 radical (unpaired) electrons. The van der Waals surface area contributed by atoms with Gasteiger partial charge in [0.15, 0.2) is 0 Å². The van der Waals surface area contributed by atoms with Crippen LogP contribution >= 0.6 is 0 Å². The fraction of sp³-hybridized carbons (Fsp3) is 0.250. The van der Waals surface area contributed by atoms with Crippen molar-refractivity contribution >= 4 is 0 Å². The fourth-order valence-corrected chi connectivity index (χ4v) is 2.24. The lowest BCUT2D eigenvalue weighted by atomic mass is 9.85. The topological polar surface area (TPSA) is 29.5 Å². The Labute approximate surface area is 120 Å². The van der Waals surface area contributed by atoms with Crippen LogP contribution < -0.4 is 4.74 Å². The van der Waals surface area contributed by atoms with Crippen LogP contribution in [0.5, 0.6) is 5.75 Å². The summed E-state index contributed by atoms with van der Waals surface area (Å²) < 4.78 is 44.4. The second-order valence-corrected chi connectivity index (χ2v) is 4.85. The zero-order valence-electron chi connectivity index (χ0n) is 11.6. The van der Waals surface area contributed by atoms with Crippen molar-refractivity contribution in [2.24, 2.45) is 0 Å². The van der Waals surface area contributed by atoms with Crippen LogP contribution in [0.1, 0.15) is 23.6 Å². The standard InChI is InChI=1S/C16H15F3O2/c1-15(20,11-6-5-7-12(10-11)21-2)13-8-3-4-9-14(13)16(17,18)19/h3-10,20H,1-2H3. The molecule has 0 bridgehead atoms. The Morgan fingerprint density at radius 2 is 1.57 bits per heavy atom. The maximum Gasteiger partial charge on any atom is 0.416 e. The summed E-state index contributed by atoms with van der Waals surface area (Å²) in [7, 11) is 1.46. The van der Waals surface area contributed by atoms with Crippen molar-refractivity contribution in [1.82, 2.24) is 0 Å². The highest BCUT2D eigenvalue weighted by Crippen LogP contribution is 2.39. The summed E-state index contributed by atoms with van der Waals surface area (Å²) in [5.41, 5.74) is -2.48. The maximum atomic E-state index is 13.1. The second kappa shape index (κ2) is 5.41. The van der Waals surface area contributed by atoms with Crippen molar-refractivity contribution in [3.8, 4) is 5.75 Å². The van der Waals surface area contributed by atoms with E-state index in [1.54, 1.807) is 18.2 Å². The van der Waals surface area contributed by atoms with Crippen LogP contribution in [0.15, 0.2) is 48.5 Å². The molecule has 2 aromatic rings. The lowest BCUT2D eigenvalue weighted by Crippen LogP contribution is -2.27. The van der Waals surface area contributed by atoms with Gasteiger partial charge in [0, 0.05) is 0 Å². The first-order valence-electron chi connectivity index (χ1n) is 6.30. The predicted octanol–water partition coefficient (Wildman–Crippen LogP) is 3.97. The summed E-state index contributed by atoms with van der Waals surface area (Å²) in [6.45, 7) is 1.34. The van der Waals surface area contributed by atoms with Gasteiger partial charge in [-0.3, -0.25) is 0 Å². The Bertz CT molecular complexity index is 633. The molecule has 2 aromatic carbocycles.